The number of hydrogen-bond acceptors (Lipinski definition) is 0. The molecule has 0 nitrogen and oxygen atoms in total. The van der Waals surface area contributed by atoms with E-state index < -0.39 is 8.80 Å². The van der Waals surface area contributed by atoms with Crippen molar-refractivity contribution in [2.45, 2.75) is 90.3 Å². The van der Waals surface area contributed by atoms with Crippen molar-refractivity contribution in [2.24, 2.45) is 17.8 Å². The molecule has 1 aromatic rings. The van der Waals surface area contributed by atoms with E-state index in [1.165, 1.54) is 43.2 Å². The molecule has 0 aliphatic heterocycles. The predicted molar refractivity (Wildman–Crippen MR) is 138 cm³/mol. The van der Waals surface area contributed by atoms with Gasteiger partial charge in [-0.3, -0.25) is 0 Å². The van der Waals surface area contributed by atoms with Crippen LogP contribution in [0.1, 0.15) is 84.8 Å². The lowest BCUT2D eigenvalue weighted by atomic mass is 9.66. The third kappa shape index (κ3) is 3.62. The summed E-state index contributed by atoms with van der Waals surface area (Å²) in [4.78, 5) is 0. The lowest BCUT2D eigenvalue weighted by molar-refractivity contribution is 0.118. The first-order chi connectivity index (χ1) is 14.2. The first-order valence-electron chi connectivity index (χ1n) is 12.3. The number of benzene rings is 1. The molecule has 2 aliphatic rings. The maximum atomic E-state index is 3.91. The lowest BCUT2D eigenvalue weighted by Crippen LogP contribution is -2.52. The first-order valence-corrected chi connectivity index (χ1v) is 14.6. The minimum atomic E-state index is -1.22. The van der Waals surface area contributed by atoms with E-state index in [2.05, 4.69) is 91.1 Å². The van der Waals surface area contributed by atoms with Crippen LogP contribution in [-0.2, 0) is 5.04 Å². The van der Waals surface area contributed by atoms with Crippen LogP contribution >= 0.6 is 0 Å². The normalized spacial score (nSPS) is 35.0. The average Bonchev–Trinajstić information content (AvgIpc) is 2.97. The topological polar surface area (TPSA) is 0 Å². The van der Waals surface area contributed by atoms with Crippen LogP contribution in [0.2, 0.25) is 11.6 Å². The standard InChI is InChI=1S/C29H44Si/c1-9-11-15-24-23(5)29(7,27-18-14-13-16-25(24)27)30(8)28(6)20-19-21(3)22(4)26(28)17-12-10-2/h9,11,13-16,18,21-22,26,30H,1,10,12,17,19-20H2,2-8H3. The Morgan fingerprint density at radius 3 is 2.57 bits per heavy atom. The molecule has 0 heterocycles. The predicted octanol–water partition coefficient (Wildman–Crippen LogP) is 8.50. The summed E-state index contributed by atoms with van der Waals surface area (Å²) in [5, 5.41) is 0.721. The van der Waals surface area contributed by atoms with Gasteiger partial charge in [-0.15, -0.1) is 0 Å². The molecular formula is C29H44Si. The SMILES string of the molecule is C=CC=CC1=C(C)C(C)([SiH](C)C2(C)CCC(C)C(C)C2CCCC)c2ccccc21. The lowest BCUT2D eigenvalue weighted by Gasteiger charge is -2.55. The van der Waals surface area contributed by atoms with Crippen LogP contribution in [0.15, 0.2) is 54.6 Å². The molecule has 0 spiro atoms. The summed E-state index contributed by atoms with van der Waals surface area (Å²) < 4.78 is 0. The molecule has 0 saturated heterocycles. The molecule has 1 heteroatoms. The quantitative estimate of drug-likeness (QED) is 0.306. The second-order valence-corrected chi connectivity index (χ2v) is 14.6. The van der Waals surface area contributed by atoms with Crippen LogP contribution in [0.25, 0.3) is 5.57 Å². The van der Waals surface area contributed by atoms with Gasteiger partial charge in [-0.05, 0) is 59.3 Å². The Morgan fingerprint density at radius 1 is 1.20 bits per heavy atom. The molecule has 1 aromatic carbocycles. The molecule has 164 valence electrons. The number of rotatable bonds is 7. The third-order valence-electron chi connectivity index (χ3n) is 9.60. The molecule has 0 amide bonds. The Hall–Kier alpha value is -1.34. The molecule has 3 rings (SSSR count). The van der Waals surface area contributed by atoms with E-state index >= 15 is 0 Å². The van der Waals surface area contributed by atoms with Crippen molar-refractivity contribution in [1.29, 1.82) is 0 Å². The average molecular weight is 421 g/mol. The Bertz CT molecular complexity index is 831. The monoisotopic (exact) mass is 420 g/mol. The molecule has 6 atom stereocenters. The molecule has 1 saturated carbocycles. The number of allylic oxidation sites excluding steroid dienone is 5. The number of fused-ring (bicyclic) bond motifs is 1. The van der Waals surface area contributed by atoms with Gasteiger partial charge in [-0.25, -0.2) is 0 Å². The van der Waals surface area contributed by atoms with E-state index in [1.54, 1.807) is 11.1 Å². The van der Waals surface area contributed by atoms with Crippen molar-refractivity contribution < 1.29 is 0 Å². The maximum absolute atomic E-state index is 3.91. The summed E-state index contributed by atoms with van der Waals surface area (Å²) in [5.74, 6) is 2.58. The van der Waals surface area contributed by atoms with Gasteiger partial charge in [0, 0.05) is 5.04 Å². The smallest absolute Gasteiger partial charge is 0.0568 e. The minimum absolute atomic E-state index is 0.219. The van der Waals surface area contributed by atoms with Gasteiger partial charge in [0.1, 0.15) is 0 Å². The number of hydrogen-bond donors (Lipinski definition) is 0. The van der Waals surface area contributed by atoms with E-state index in [0.717, 1.165) is 17.8 Å². The van der Waals surface area contributed by atoms with Crippen molar-refractivity contribution in [3.8, 4) is 0 Å². The van der Waals surface area contributed by atoms with Crippen LogP contribution in [0, 0.1) is 17.8 Å². The van der Waals surface area contributed by atoms with E-state index in [-0.39, 0.29) is 5.04 Å². The summed E-state index contributed by atoms with van der Waals surface area (Å²) in [7, 11) is -1.22. The summed E-state index contributed by atoms with van der Waals surface area (Å²) in [5.41, 5.74) is 6.09. The molecule has 1 fully saturated rings. The summed E-state index contributed by atoms with van der Waals surface area (Å²) in [6, 6.07) is 9.24. The molecular weight excluding hydrogens is 376 g/mol. The highest BCUT2D eigenvalue weighted by Gasteiger charge is 2.54. The zero-order valence-corrected chi connectivity index (χ0v) is 21.7. The van der Waals surface area contributed by atoms with Crippen molar-refractivity contribution in [3.05, 3.63) is 65.8 Å². The molecule has 30 heavy (non-hydrogen) atoms. The van der Waals surface area contributed by atoms with Gasteiger partial charge in [0.05, 0.1) is 8.80 Å². The van der Waals surface area contributed by atoms with Crippen molar-refractivity contribution in [2.75, 3.05) is 0 Å². The second-order valence-electron chi connectivity index (χ2n) is 10.7. The van der Waals surface area contributed by atoms with Gasteiger partial charge in [0.15, 0.2) is 0 Å². The van der Waals surface area contributed by atoms with Gasteiger partial charge in [0.2, 0.25) is 0 Å². The van der Waals surface area contributed by atoms with Gasteiger partial charge in [-0.2, -0.15) is 0 Å². The van der Waals surface area contributed by atoms with Gasteiger partial charge >= 0.3 is 0 Å². The first kappa shape index (κ1) is 23.3. The molecule has 0 aromatic heterocycles. The largest absolute Gasteiger partial charge is 0.0991 e. The minimum Gasteiger partial charge on any atom is -0.0991 e. The second kappa shape index (κ2) is 9.03. The fourth-order valence-corrected chi connectivity index (χ4v) is 11.5. The highest BCUT2D eigenvalue weighted by Crippen LogP contribution is 2.61. The van der Waals surface area contributed by atoms with Crippen LogP contribution in [-0.4, -0.2) is 8.80 Å². The molecule has 6 unspecified atom stereocenters. The summed E-state index contributed by atoms with van der Waals surface area (Å²) >= 11 is 0. The fraction of sp³-hybridized carbons (Fsp3) is 0.586. The summed E-state index contributed by atoms with van der Waals surface area (Å²) in [6.45, 7) is 21.8. The van der Waals surface area contributed by atoms with Crippen molar-refractivity contribution in [1.82, 2.24) is 0 Å². The maximum Gasteiger partial charge on any atom is 0.0568 e. The van der Waals surface area contributed by atoms with Crippen LogP contribution in [0.4, 0.5) is 0 Å². The Labute approximate surface area is 188 Å². The Morgan fingerprint density at radius 2 is 1.90 bits per heavy atom. The van der Waals surface area contributed by atoms with Gasteiger partial charge in [-0.1, -0.05) is 115 Å². The Kier molecular flexibility index (Phi) is 7.02. The van der Waals surface area contributed by atoms with Crippen LogP contribution in [0.3, 0.4) is 0 Å². The van der Waals surface area contributed by atoms with Crippen LogP contribution in [0.5, 0.6) is 0 Å². The molecule has 0 N–H and O–H groups in total. The molecule has 2 aliphatic carbocycles. The van der Waals surface area contributed by atoms with E-state index in [4.69, 9.17) is 0 Å². The van der Waals surface area contributed by atoms with E-state index in [0.29, 0.717) is 5.04 Å². The van der Waals surface area contributed by atoms with Crippen LogP contribution < -0.4 is 0 Å². The Balaban J connectivity index is 2.11. The zero-order chi connectivity index (χ0) is 22.1. The van der Waals surface area contributed by atoms with Crippen molar-refractivity contribution >= 4 is 14.4 Å². The molecule has 0 radical (unpaired) electrons. The zero-order valence-electron chi connectivity index (χ0n) is 20.6. The third-order valence-corrected chi connectivity index (χ3v) is 14.8. The fourth-order valence-electron chi connectivity index (χ4n) is 6.99. The summed E-state index contributed by atoms with van der Waals surface area (Å²) in [6.07, 6.45) is 13.3. The van der Waals surface area contributed by atoms with Gasteiger partial charge < -0.3 is 0 Å². The number of unbranched alkanes of at least 4 members (excludes halogenated alkanes) is 1. The van der Waals surface area contributed by atoms with E-state index in [1.807, 2.05) is 6.08 Å². The highest BCUT2D eigenvalue weighted by molar-refractivity contribution is 6.65. The highest BCUT2D eigenvalue weighted by atomic mass is 28.3. The molecule has 0 bridgehead atoms. The van der Waals surface area contributed by atoms with Gasteiger partial charge in [0.25, 0.3) is 0 Å². The van der Waals surface area contributed by atoms with E-state index in [9.17, 15) is 0 Å². The van der Waals surface area contributed by atoms with Crippen molar-refractivity contribution in [3.63, 3.8) is 0 Å².